The van der Waals surface area contributed by atoms with E-state index in [-0.39, 0.29) is 0 Å². The molecular formula is C18H31N3. The molecular weight excluding hydrogens is 258 g/mol. The Labute approximate surface area is 130 Å². The molecule has 0 radical (unpaired) electrons. The van der Waals surface area contributed by atoms with Crippen LogP contribution in [-0.2, 0) is 13.0 Å². The number of hydrogen-bond donors (Lipinski definition) is 1. The summed E-state index contributed by atoms with van der Waals surface area (Å²) in [4.78, 5) is 7.43. The van der Waals surface area contributed by atoms with Crippen LogP contribution in [0, 0.1) is 0 Å². The molecule has 1 unspecified atom stereocenters. The van der Waals surface area contributed by atoms with Crippen LogP contribution in [0.1, 0.15) is 64.1 Å². The molecule has 21 heavy (non-hydrogen) atoms. The van der Waals surface area contributed by atoms with E-state index in [0.717, 1.165) is 32.5 Å². The van der Waals surface area contributed by atoms with Gasteiger partial charge in [-0.05, 0) is 63.3 Å². The van der Waals surface area contributed by atoms with Crippen molar-refractivity contribution >= 4 is 5.82 Å². The van der Waals surface area contributed by atoms with Gasteiger partial charge in [0, 0.05) is 24.8 Å². The summed E-state index contributed by atoms with van der Waals surface area (Å²) in [6.45, 7) is 9.98. The van der Waals surface area contributed by atoms with E-state index in [1.54, 1.807) is 0 Å². The van der Waals surface area contributed by atoms with Crippen molar-refractivity contribution in [3.05, 3.63) is 23.4 Å². The van der Waals surface area contributed by atoms with Gasteiger partial charge in [-0.1, -0.05) is 20.3 Å². The average Bonchev–Trinajstić information content (AvgIpc) is 2.48. The van der Waals surface area contributed by atoms with Gasteiger partial charge in [-0.2, -0.15) is 0 Å². The zero-order chi connectivity index (χ0) is 15.1. The molecule has 0 bridgehead atoms. The van der Waals surface area contributed by atoms with E-state index in [1.165, 1.54) is 42.8 Å². The highest BCUT2D eigenvalue weighted by atomic mass is 15.2. The van der Waals surface area contributed by atoms with E-state index < -0.39 is 0 Å². The molecule has 1 aliphatic heterocycles. The van der Waals surface area contributed by atoms with Crippen molar-refractivity contribution in [1.29, 1.82) is 0 Å². The molecule has 0 spiro atoms. The quantitative estimate of drug-likeness (QED) is 0.771. The van der Waals surface area contributed by atoms with Gasteiger partial charge in [0.25, 0.3) is 0 Å². The second kappa shape index (κ2) is 8.38. The van der Waals surface area contributed by atoms with Gasteiger partial charge in [-0.15, -0.1) is 0 Å². The molecule has 118 valence electrons. The third-order valence-corrected chi connectivity index (χ3v) is 4.28. The van der Waals surface area contributed by atoms with Gasteiger partial charge < -0.3 is 10.2 Å². The smallest absolute Gasteiger partial charge is 0.129 e. The topological polar surface area (TPSA) is 28.2 Å². The molecule has 1 aliphatic rings. The van der Waals surface area contributed by atoms with Crippen LogP contribution in [0.2, 0.25) is 0 Å². The van der Waals surface area contributed by atoms with E-state index in [4.69, 9.17) is 4.98 Å². The fourth-order valence-corrected chi connectivity index (χ4v) is 3.11. The molecule has 2 heterocycles. The van der Waals surface area contributed by atoms with Crippen molar-refractivity contribution in [2.75, 3.05) is 18.0 Å². The molecule has 1 fully saturated rings. The van der Waals surface area contributed by atoms with E-state index in [9.17, 15) is 0 Å². The average molecular weight is 289 g/mol. The highest BCUT2D eigenvalue weighted by Crippen LogP contribution is 2.24. The Kier molecular flexibility index (Phi) is 6.50. The molecule has 0 aromatic carbocycles. The maximum Gasteiger partial charge on any atom is 0.129 e. The highest BCUT2D eigenvalue weighted by molar-refractivity contribution is 5.44. The number of nitrogens with one attached hydrogen (secondary N) is 1. The largest absolute Gasteiger partial charge is 0.354 e. The van der Waals surface area contributed by atoms with Crippen molar-refractivity contribution in [2.45, 2.75) is 71.9 Å². The first kappa shape index (κ1) is 16.3. The molecule has 0 aliphatic carbocycles. The molecule has 1 aromatic rings. The van der Waals surface area contributed by atoms with Crippen molar-refractivity contribution in [1.82, 2.24) is 10.3 Å². The van der Waals surface area contributed by atoms with Crippen molar-refractivity contribution in [3.63, 3.8) is 0 Å². The van der Waals surface area contributed by atoms with Gasteiger partial charge in [0.1, 0.15) is 5.82 Å². The number of pyridine rings is 1. The predicted octanol–water partition coefficient (Wildman–Crippen LogP) is 3.91. The van der Waals surface area contributed by atoms with Crippen LogP contribution in [0.25, 0.3) is 0 Å². The van der Waals surface area contributed by atoms with Crippen molar-refractivity contribution in [2.24, 2.45) is 0 Å². The number of anilines is 1. The lowest BCUT2D eigenvalue weighted by Gasteiger charge is -2.35. The predicted molar refractivity (Wildman–Crippen MR) is 90.9 cm³/mol. The minimum atomic E-state index is 0.625. The standard InChI is InChI=1S/C18H31N3/c1-4-8-17-12-16(14-19-10-5-2)13-18(20-17)21-11-7-6-9-15(21)3/h12-13,15,19H,4-11,14H2,1-3H3. The first-order valence-corrected chi connectivity index (χ1v) is 8.71. The second-order valence-electron chi connectivity index (χ2n) is 6.29. The molecule has 1 aromatic heterocycles. The lowest BCUT2D eigenvalue weighted by atomic mass is 10.0. The first-order valence-electron chi connectivity index (χ1n) is 8.71. The van der Waals surface area contributed by atoms with Crippen LogP contribution >= 0.6 is 0 Å². The first-order chi connectivity index (χ1) is 10.2. The van der Waals surface area contributed by atoms with Crippen molar-refractivity contribution < 1.29 is 0 Å². The van der Waals surface area contributed by atoms with E-state index >= 15 is 0 Å². The fourth-order valence-electron chi connectivity index (χ4n) is 3.11. The summed E-state index contributed by atoms with van der Waals surface area (Å²) in [5, 5.41) is 3.52. The molecule has 1 N–H and O–H groups in total. The van der Waals surface area contributed by atoms with Gasteiger partial charge in [0.15, 0.2) is 0 Å². The fraction of sp³-hybridized carbons (Fsp3) is 0.722. The van der Waals surface area contributed by atoms with E-state index in [0.29, 0.717) is 6.04 Å². The van der Waals surface area contributed by atoms with Crippen LogP contribution in [-0.4, -0.2) is 24.1 Å². The number of nitrogens with zero attached hydrogens (tertiary/aromatic N) is 2. The Morgan fingerprint density at radius 3 is 2.81 bits per heavy atom. The van der Waals surface area contributed by atoms with Crippen LogP contribution in [0.5, 0.6) is 0 Å². The number of hydrogen-bond acceptors (Lipinski definition) is 3. The Balaban J connectivity index is 2.17. The monoisotopic (exact) mass is 289 g/mol. The molecule has 0 amide bonds. The minimum Gasteiger partial charge on any atom is -0.354 e. The van der Waals surface area contributed by atoms with Crippen LogP contribution in [0.15, 0.2) is 12.1 Å². The zero-order valence-corrected chi connectivity index (χ0v) is 14.0. The molecule has 0 saturated carbocycles. The summed E-state index contributed by atoms with van der Waals surface area (Å²) in [6.07, 6.45) is 7.38. The number of piperidine rings is 1. The molecule has 3 heteroatoms. The zero-order valence-electron chi connectivity index (χ0n) is 14.0. The summed E-state index contributed by atoms with van der Waals surface area (Å²) in [5.74, 6) is 1.20. The van der Waals surface area contributed by atoms with Crippen molar-refractivity contribution in [3.8, 4) is 0 Å². The number of aromatic nitrogens is 1. The summed E-state index contributed by atoms with van der Waals surface area (Å²) in [7, 11) is 0. The number of aryl methyl sites for hydroxylation is 1. The second-order valence-corrected chi connectivity index (χ2v) is 6.29. The molecule has 2 rings (SSSR count). The van der Waals surface area contributed by atoms with E-state index in [2.05, 4.69) is 43.1 Å². The number of rotatable bonds is 7. The lowest BCUT2D eigenvalue weighted by molar-refractivity contribution is 0.480. The normalized spacial score (nSPS) is 19.0. The Morgan fingerprint density at radius 2 is 2.10 bits per heavy atom. The van der Waals surface area contributed by atoms with Crippen LogP contribution in [0.4, 0.5) is 5.82 Å². The Morgan fingerprint density at radius 1 is 1.24 bits per heavy atom. The lowest BCUT2D eigenvalue weighted by Crippen LogP contribution is -2.38. The van der Waals surface area contributed by atoms with Gasteiger partial charge in [-0.3, -0.25) is 0 Å². The molecule has 1 atom stereocenters. The molecule has 3 nitrogen and oxygen atoms in total. The third-order valence-electron chi connectivity index (χ3n) is 4.28. The van der Waals surface area contributed by atoms with Gasteiger partial charge >= 0.3 is 0 Å². The highest BCUT2D eigenvalue weighted by Gasteiger charge is 2.20. The maximum absolute atomic E-state index is 4.92. The van der Waals surface area contributed by atoms with Crippen LogP contribution < -0.4 is 10.2 Å². The van der Waals surface area contributed by atoms with Crippen LogP contribution in [0.3, 0.4) is 0 Å². The minimum absolute atomic E-state index is 0.625. The van der Waals surface area contributed by atoms with E-state index in [1.807, 2.05) is 0 Å². The summed E-state index contributed by atoms with van der Waals surface area (Å²) < 4.78 is 0. The van der Waals surface area contributed by atoms with Gasteiger partial charge in [0.2, 0.25) is 0 Å². The maximum atomic E-state index is 4.92. The Hall–Kier alpha value is -1.09. The molecule has 1 saturated heterocycles. The summed E-state index contributed by atoms with van der Waals surface area (Å²) in [5.41, 5.74) is 2.63. The third kappa shape index (κ3) is 4.70. The van der Waals surface area contributed by atoms with Gasteiger partial charge in [0.05, 0.1) is 0 Å². The summed E-state index contributed by atoms with van der Waals surface area (Å²) in [6, 6.07) is 5.20. The Bertz CT molecular complexity index is 430. The summed E-state index contributed by atoms with van der Waals surface area (Å²) >= 11 is 0. The van der Waals surface area contributed by atoms with Gasteiger partial charge in [-0.25, -0.2) is 4.98 Å². The SMILES string of the molecule is CCCNCc1cc(CCC)nc(N2CCCCC2C)c1.